The van der Waals surface area contributed by atoms with Gasteiger partial charge in [0.25, 0.3) is 0 Å². The summed E-state index contributed by atoms with van der Waals surface area (Å²) in [6.07, 6.45) is 12.4. The highest BCUT2D eigenvalue weighted by atomic mass is 31.2. The van der Waals surface area contributed by atoms with Gasteiger partial charge >= 0.3 is 13.8 Å². The molecule has 1 aliphatic carbocycles. The number of ether oxygens (including phenoxy) is 4. The number of hydrogen-bond acceptors (Lipinski definition) is 11. The first-order valence-corrected chi connectivity index (χ1v) is 25.0. The van der Waals surface area contributed by atoms with Gasteiger partial charge in [-0.1, -0.05) is 77.5 Å². The number of allylic oxidation sites excluding steroid dienone is 4. The van der Waals surface area contributed by atoms with E-state index in [-0.39, 0.29) is 49.6 Å². The number of carbonyl (C=O) groups is 1. The van der Waals surface area contributed by atoms with Gasteiger partial charge in [0.1, 0.15) is 23.7 Å². The minimum Gasteiger partial charge on any atom is -0.462 e. The average Bonchev–Trinajstić information content (AvgIpc) is 3.43. The Kier molecular flexibility index (Phi) is 14.5. The fraction of sp³-hybridized carbons (Fsp3) is 0.786. The fourth-order valence-electron chi connectivity index (χ4n) is 8.46. The molecule has 3 fully saturated rings. The lowest BCUT2D eigenvalue weighted by Crippen LogP contribution is -2.61. The molecule has 13 heteroatoms. The summed E-state index contributed by atoms with van der Waals surface area (Å²) < 4.78 is 64.1. The van der Waals surface area contributed by atoms with Crippen LogP contribution in [0, 0.1) is 17.8 Å². The zero-order valence-corrected chi connectivity index (χ0v) is 37.2. The molecular formula is C42H69O11PSi. The predicted molar refractivity (Wildman–Crippen MR) is 215 cm³/mol. The average molecular weight is 809 g/mol. The first-order valence-electron chi connectivity index (χ1n) is 20.6. The zero-order chi connectivity index (χ0) is 40.4. The van der Waals surface area contributed by atoms with E-state index in [1.807, 2.05) is 12.2 Å². The smallest absolute Gasteiger partial charge is 0.462 e. The maximum Gasteiger partial charge on any atom is 0.475 e. The molecule has 11 nitrogen and oxygen atoms in total. The molecule has 1 N–H and O–H groups in total. The molecule has 55 heavy (non-hydrogen) atoms. The summed E-state index contributed by atoms with van der Waals surface area (Å²) in [5.41, 5.74) is 0.535. The van der Waals surface area contributed by atoms with Crippen LogP contribution in [-0.4, -0.2) is 87.7 Å². The number of hydrogen-bond donors (Lipinski definition) is 1. The van der Waals surface area contributed by atoms with Crippen molar-refractivity contribution >= 4 is 22.1 Å². The van der Waals surface area contributed by atoms with Gasteiger partial charge in [-0.25, -0.2) is 4.57 Å². The molecule has 4 aliphatic heterocycles. The molecule has 4 heterocycles. The first kappa shape index (κ1) is 44.7. The number of aliphatic hydroxyl groups is 1. The molecule has 0 aromatic carbocycles. The van der Waals surface area contributed by atoms with Crippen molar-refractivity contribution in [1.29, 1.82) is 0 Å². The molecule has 0 radical (unpaired) electrons. The Bertz CT molecular complexity index is 1520. The quantitative estimate of drug-likeness (QED) is 0.0983. The lowest BCUT2D eigenvalue weighted by Gasteiger charge is -2.50. The van der Waals surface area contributed by atoms with E-state index in [9.17, 15) is 14.5 Å². The van der Waals surface area contributed by atoms with Crippen molar-refractivity contribution in [3.8, 4) is 0 Å². The van der Waals surface area contributed by atoms with E-state index in [1.165, 1.54) is 5.57 Å². The second-order valence-corrected chi connectivity index (χ2v) is 24.3. The highest BCUT2D eigenvalue weighted by Crippen LogP contribution is 2.53. The zero-order valence-electron chi connectivity index (χ0n) is 35.3. The van der Waals surface area contributed by atoms with Crippen molar-refractivity contribution < 1.29 is 51.4 Å². The lowest BCUT2D eigenvalue weighted by molar-refractivity contribution is -0.335. The van der Waals surface area contributed by atoms with Gasteiger partial charge in [0.05, 0.1) is 44.7 Å². The summed E-state index contributed by atoms with van der Waals surface area (Å²) in [6, 6.07) is 0. The number of esters is 1. The number of carbonyl (C=O) groups excluding carboxylic acids is 1. The Morgan fingerprint density at radius 1 is 1.05 bits per heavy atom. The van der Waals surface area contributed by atoms with Crippen LogP contribution in [0.2, 0.25) is 18.1 Å². The molecule has 0 saturated carbocycles. The third-order valence-electron chi connectivity index (χ3n) is 12.5. The molecule has 0 unspecified atom stereocenters. The summed E-state index contributed by atoms with van der Waals surface area (Å²) >= 11 is 0. The van der Waals surface area contributed by atoms with E-state index in [1.54, 1.807) is 19.9 Å². The summed E-state index contributed by atoms with van der Waals surface area (Å²) in [4.78, 5) is 14.8. The SMILES string of the molecule is CCOP(=O)(OCC)OCC1=C[C@H]2C(=O)O[C@H]3C[C@@H](C/C=C(\C)C[C@@H](C)/C=C/C=C4\CO[C@H]([C@@H]1O[Si](C)(C)C(C)(C)C)[C@@]42O)O[C@@]1(CC[C@H](C)[C@@H](CC)O1)C3. The van der Waals surface area contributed by atoms with Gasteiger partial charge in [0.2, 0.25) is 0 Å². The fourth-order valence-corrected chi connectivity index (χ4v) is 10.9. The van der Waals surface area contributed by atoms with Crippen molar-refractivity contribution in [2.24, 2.45) is 17.8 Å². The molecule has 10 atom stereocenters. The van der Waals surface area contributed by atoms with Crippen molar-refractivity contribution in [3.05, 3.63) is 47.1 Å². The Morgan fingerprint density at radius 3 is 2.42 bits per heavy atom. The molecular weight excluding hydrogens is 740 g/mol. The van der Waals surface area contributed by atoms with Gasteiger partial charge in [-0.2, -0.15) is 0 Å². The van der Waals surface area contributed by atoms with Crippen LogP contribution in [0.25, 0.3) is 0 Å². The topological polar surface area (TPSA) is 128 Å². The number of rotatable bonds is 10. The van der Waals surface area contributed by atoms with Crippen LogP contribution in [-0.2, 0) is 46.3 Å². The van der Waals surface area contributed by atoms with Gasteiger partial charge in [-0.05, 0) is 87.6 Å². The Balaban J connectivity index is 1.61. The Labute approximate surface area is 331 Å². The van der Waals surface area contributed by atoms with Crippen LogP contribution in [0.4, 0.5) is 0 Å². The van der Waals surface area contributed by atoms with E-state index in [0.29, 0.717) is 42.7 Å². The summed E-state index contributed by atoms with van der Waals surface area (Å²) in [5, 5.41) is 12.9. The Morgan fingerprint density at radius 2 is 1.76 bits per heavy atom. The Hall–Kier alpha value is -1.44. The normalized spacial score (nSPS) is 39.0. The third kappa shape index (κ3) is 10.1. The number of phosphoric ester groups is 1. The van der Waals surface area contributed by atoms with E-state index in [0.717, 1.165) is 19.3 Å². The third-order valence-corrected chi connectivity index (χ3v) is 18.6. The summed E-state index contributed by atoms with van der Waals surface area (Å²) in [7, 11) is -6.49. The lowest BCUT2D eigenvalue weighted by atomic mass is 9.70. The van der Waals surface area contributed by atoms with Crippen LogP contribution in [0.5, 0.6) is 0 Å². The largest absolute Gasteiger partial charge is 0.475 e. The molecule has 0 aromatic rings. The minimum atomic E-state index is -3.95. The highest BCUT2D eigenvalue weighted by Gasteiger charge is 2.62. The van der Waals surface area contributed by atoms with Crippen LogP contribution < -0.4 is 0 Å². The van der Waals surface area contributed by atoms with Crippen LogP contribution in [0.1, 0.15) is 107 Å². The van der Waals surface area contributed by atoms with Crippen molar-refractivity contribution in [3.63, 3.8) is 0 Å². The summed E-state index contributed by atoms with van der Waals surface area (Å²) in [5.74, 6) is -2.01. The van der Waals surface area contributed by atoms with Gasteiger partial charge in [0.15, 0.2) is 14.1 Å². The monoisotopic (exact) mass is 808 g/mol. The van der Waals surface area contributed by atoms with Gasteiger partial charge in [-0.15, -0.1) is 0 Å². The molecule has 1 spiro atoms. The molecule has 0 amide bonds. The van der Waals surface area contributed by atoms with Gasteiger partial charge < -0.3 is 28.5 Å². The predicted octanol–water partition coefficient (Wildman–Crippen LogP) is 9.13. The van der Waals surface area contributed by atoms with Crippen LogP contribution in [0.15, 0.2) is 47.1 Å². The molecule has 2 bridgehead atoms. The van der Waals surface area contributed by atoms with Gasteiger partial charge in [-0.3, -0.25) is 18.4 Å². The molecule has 5 aliphatic rings. The van der Waals surface area contributed by atoms with Crippen LogP contribution >= 0.6 is 7.82 Å². The maximum atomic E-state index is 14.8. The molecule has 0 aromatic heterocycles. The van der Waals surface area contributed by atoms with Crippen molar-refractivity contribution in [2.75, 3.05) is 26.4 Å². The molecule has 3 saturated heterocycles. The van der Waals surface area contributed by atoms with E-state index >= 15 is 0 Å². The van der Waals surface area contributed by atoms with Gasteiger partial charge in [0, 0.05) is 19.3 Å². The maximum absolute atomic E-state index is 14.8. The van der Waals surface area contributed by atoms with Crippen LogP contribution in [0.3, 0.4) is 0 Å². The van der Waals surface area contributed by atoms with E-state index in [4.69, 9.17) is 36.9 Å². The second-order valence-electron chi connectivity index (χ2n) is 17.9. The standard InChI is InChI=1S/C42H69O11PSi/c1-12-36-30(6)20-21-41(52-36)25-34-24-33(51-41)19-18-29(5)22-28(4)16-15-17-32-27-46-38-37(53-55(10,11)40(7,8)9)31(23-35(39(43)50-34)42(32,38)44)26-49-54(45,47-13-2)48-14-3/h15-18,23,28,30,33-38,44H,12-14,19-22,24-27H2,1-11H3/b16-15+,29-18+,32-17+/t28-,30-,33+,34-,35-,36+,37+,38+,41+,42+/m0/s1. The summed E-state index contributed by atoms with van der Waals surface area (Å²) in [6.45, 7) is 22.9. The first-order chi connectivity index (χ1) is 25.8. The second kappa shape index (κ2) is 17.8. The number of fused-ring (bicyclic) bond motifs is 2. The minimum absolute atomic E-state index is 0.0439. The van der Waals surface area contributed by atoms with Crippen molar-refractivity contribution in [1.82, 2.24) is 0 Å². The molecule has 5 rings (SSSR count). The number of phosphoric acid groups is 1. The van der Waals surface area contributed by atoms with Crippen molar-refractivity contribution in [2.45, 2.75) is 167 Å². The highest BCUT2D eigenvalue weighted by molar-refractivity contribution is 7.48. The molecule has 312 valence electrons. The van der Waals surface area contributed by atoms with E-state index in [2.05, 4.69) is 73.7 Å². The van der Waals surface area contributed by atoms with E-state index < -0.39 is 57.7 Å².